The van der Waals surface area contributed by atoms with Gasteiger partial charge >= 0.3 is 0 Å². The van der Waals surface area contributed by atoms with E-state index in [4.69, 9.17) is 4.98 Å². The van der Waals surface area contributed by atoms with Crippen molar-refractivity contribution in [3.05, 3.63) is 87.7 Å². The molecule has 0 N–H and O–H groups in total. The molecule has 0 amide bonds. The van der Waals surface area contributed by atoms with E-state index in [1.165, 1.54) is 6.07 Å². The van der Waals surface area contributed by atoms with Gasteiger partial charge in [-0.25, -0.2) is 9.97 Å². The summed E-state index contributed by atoms with van der Waals surface area (Å²) in [5.74, 6) is 0.679. The first-order valence-electron chi connectivity index (χ1n) is 10.1. The van der Waals surface area contributed by atoms with Crippen LogP contribution in [0.2, 0.25) is 0 Å². The van der Waals surface area contributed by atoms with Crippen LogP contribution in [0.25, 0.3) is 11.4 Å². The van der Waals surface area contributed by atoms with Crippen LogP contribution >= 0.6 is 0 Å². The predicted octanol–water partition coefficient (Wildman–Crippen LogP) is 3.39. The third-order valence-corrected chi connectivity index (χ3v) is 5.47. The summed E-state index contributed by atoms with van der Waals surface area (Å²) in [5.41, 5.74) is 3.94. The molecule has 2 heterocycles. The van der Waals surface area contributed by atoms with Gasteiger partial charge in [0.15, 0.2) is 5.82 Å². The molecule has 7 nitrogen and oxygen atoms in total. The van der Waals surface area contributed by atoms with Crippen molar-refractivity contribution in [3.63, 3.8) is 0 Å². The summed E-state index contributed by atoms with van der Waals surface area (Å²) >= 11 is 0. The highest BCUT2D eigenvalue weighted by Crippen LogP contribution is 2.22. The number of nitro groups is 1. The molecular formula is C23H25N5O2. The number of rotatable bonds is 6. The molecule has 1 aromatic heterocycles. The van der Waals surface area contributed by atoms with Crippen LogP contribution in [0, 0.1) is 10.1 Å². The lowest BCUT2D eigenvalue weighted by molar-refractivity contribution is -0.384. The molecule has 0 bridgehead atoms. The number of aromatic nitrogens is 2. The van der Waals surface area contributed by atoms with Gasteiger partial charge in [-0.3, -0.25) is 15.0 Å². The standard InChI is InChI=1S/C23H25N5O2/c1-26-10-12-27(13-11-26)17-20-16-24-23(19-7-3-2-4-8-19)25-22(20)15-18-6-5-9-21(14-18)28(29)30/h2-9,14,16H,10-13,15,17H2,1H3. The normalized spacial score (nSPS) is 15.2. The number of piperazine rings is 1. The van der Waals surface area contributed by atoms with Crippen LogP contribution in [0.5, 0.6) is 0 Å². The molecule has 4 rings (SSSR count). The SMILES string of the molecule is CN1CCN(Cc2cnc(-c3ccccc3)nc2Cc2cccc([N+](=O)[O-])c2)CC1. The first-order valence-corrected chi connectivity index (χ1v) is 10.1. The second kappa shape index (κ2) is 9.11. The quantitative estimate of drug-likeness (QED) is 0.464. The molecule has 0 unspecified atom stereocenters. The molecule has 0 atom stereocenters. The van der Waals surface area contributed by atoms with Crippen molar-refractivity contribution in [2.24, 2.45) is 0 Å². The molecule has 30 heavy (non-hydrogen) atoms. The second-order valence-electron chi connectivity index (χ2n) is 7.71. The Bertz CT molecular complexity index is 1020. The monoisotopic (exact) mass is 403 g/mol. The molecule has 154 valence electrons. The molecule has 7 heteroatoms. The zero-order valence-electron chi connectivity index (χ0n) is 17.1. The Labute approximate surface area is 176 Å². The fraction of sp³-hybridized carbons (Fsp3) is 0.304. The van der Waals surface area contributed by atoms with Crippen molar-refractivity contribution < 1.29 is 4.92 Å². The lowest BCUT2D eigenvalue weighted by atomic mass is 10.0. The van der Waals surface area contributed by atoms with E-state index in [1.54, 1.807) is 12.1 Å². The fourth-order valence-corrected chi connectivity index (χ4v) is 3.67. The topological polar surface area (TPSA) is 75.4 Å². The van der Waals surface area contributed by atoms with Crippen LogP contribution in [0.3, 0.4) is 0 Å². The van der Waals surface area contributed by atoms with Gasteiger partial charge in [-0.05, 0) is 12.6 Å². The highest BCUT2D eigenvalue weighted by molar-refractivity contribution is 5.55. The molecule has 1 aliphatic rings. The molecule has 3 aromatic rings. The van der Waals surface area contributed by atoms with E-state index in [1.807, 2.05) is 42.6 Å². The van der Waals surface area contributed by atoms with Crippen molar-refractivity contribution in [1.82, 2.24) is 19.8 Å². The number of hydrogen-bond acceptors (Lipinski definition) is 6. The van der Waals surface area contributed by atoms with Gasteiger partial charge in [0.1, 0.15) is 0 Å². The molecule has 2 aromatic carbocycles. The first kappa shape index (κ1) is 20.1. The van der Waals surface area contributed by atoms with Crippen molar-refractivity contribution in [2.45, 2.75) is 13.0 Å². The maximum atomic E-state index is 11.2. The zero-order chi connectivity index (χ0) is 20.9. The van der Waals surface area contributed by atoms with Crippen LogP contribution in [0.1, 0.15) is 16.8 Å². The summed E-state index contributed by atoms with van der Waals surface area (Å²) in [6.07, 6.45) is 2.45. The third kappa shape index (κ3) is 4.87. The number of hydrogen-bond donors (Lipinski definition) is 0. The average molecular weight is 403 g/mol. The summed E-state index contributed by atoms with van der Waals surface area (Å²) in [4.78, 5) is 25.1. The highest BCUT2D eigenvalue weighted by Gasteiger charge is 2.18. The van der Waals surface area contributed by atoms with Crippen LogP contribution in [0.4, 0.5) is 5.69 Å². The molecule has 1 aliphatic heterocycles. The maximum absolute atomic E-state index is 11.2. The Morgan fingerprint density at radius 2 is 1.80 bits per heavy atom. The molecule has 0 spiro atoms. The van der Waals surface area contributed by atoms with Crippen molar-refractivity contribution in [1.29, 1.82) is 0 Å². The van der Waals surface area contributed by atoms with Gasteiger partial charge < -0.3 is 4.90 Å². The predicted molar refractivity (Wildman–Crippen MR) is 116 cm³/mol. The van der Waals surface area contributed by atoms with Gasteiger partial charge in [-0.15, -0.1) is 0 Å². The largest absolute Gasteiger partial charge is 0.304 e. The summed E-state index contributed by atoms with van der Waals surface area (Å²) in [6.45, 7) is 4.89. The lowest BCUT2D eigenvalue weighted by Gasteiger charge is -2.32. The minimum atomic E-state index is -0.357. The van der Waals surface area contributed by atoms with Crippen molar-refractivity contribution in [3.8, 4) is 11.4 Å². The molecular weight excluding hydrogens is 378 g/mol. The number of nitrogens with zero attached hydrogens (tertiary/aromatic N) is 5. The molecule has 0 radical (unpaired) electrons. The van der Waals surface area contributed by atoms with Crippen LogP contribution in [0.15, 0.2) is 60.8 Å². The minimum absolute atomic E-state index is 0.102. The van der Waals surface area contributed by atoms with E-state index < -0.39 is 0 Å². The average Bonchev–Trinajstić information content (AvgIpc) is 2.77. The van der Waals surface area contributed by atoms with Crippen LogP contribution in [-0.4, -0.2) is 57.9 Å². The van der Waals surface area contributed by atoms with Crippen LogP contribution < -0.4 is 0 Å². The lowest BCUT2D eigenvalue weighted by Crippen LogP contribution is -2.44. The Balaban J connectivity index is 1.65. The number of benzene rings is 2. The van der Waals surface area contributed by atoms with E-state index in [9.17, 15) is 10.1 Å². The van der Waals surface area contributed by atoms with E-state index >= 15 is 0 Å². The summed E-state index contributed by atoms with van der Waals surface area (Å²) < 4.78 is 0. The molecule has 1 fully saturated rings. The van der Waals surface area contributed by atoms with Gasteiger partial charge in [-0.2, -0.15) is 0 Å². The molecule has 1 saturated heterocycles. The van der Waals surface area contributed by atoms with E-state index in [0.29, 0.717) is 12.2 Å². The summed E-state index contributed by atoms with van der Waals surface area (Å²) in [5, 5.41) is 11.2. The number of nitro benzene ring substituents is 1. The van der Waals surface area contributed by atoms with Gasteiger partial charge in [0.05, 0.1) is 10.6 Å². The Morgan fingerprint density at radius 1 is 1.03 bits per heavy atom. The minimum Gasteiger partial charge on any atom is -0.304 e. The Hall–Kier alpha value is -3.16. The van der Waals surface area contributed by atoms with Crippen molar-refractivity contribution >= 4 is 5.69 Å². The van der Waals surface area contributed by atoms with Gasteiger partial charge in [-0.1, -0.05) is 42.5 Å². The van der Waals surface area contributed by atoms with Crippen LogP contribution in [-0.2, 0) is 13.0 Å². The first-order chi connectivity index (χ1) is 14.6. The second-order valence-corrected chi connectivity index (χ2v) is 7.71. The maximum Gasteiger partial charge on any atom is 0.269 e. The Kier molecular flexibility index (Phi) is 6.11. The third-order valence-electron chi connectivity index (χ3n) is 5.47. The zero-order valence-corrected chi connectivity index (χ0v) is 17.1. The Morgan fingerprint density at radius 3 is 2.53 bits per heavy atom. The molecule has 0 aliphatic carbocycles. The smallest absolute Gasteiger partial charge is 0.269 e. The van der Waals surface area contributed by atoms with Gasteiger partial charge in [0.25, 0.3) is 5.69 Å². The van der Waals surface area contributed by atoms with Gasteiger partial charge in [0, 0.05) is 68.6 Å². The fourth-order valence-electron chi connectivity index (χ4n) is 3.67. The van der Waals surface area contributed by atoms with Crippen molar-refractivity contribution in [2.75, 3.05) is 33.2 Å². The summed E-state index contributed by atoms with van der Waals surface area (Å²) in [6, 6.07) is 16.7. The van der Waals surface area contributed by atoms with Gasteiger partial charge in [0.2, 0.25) is 0 Å². The van der Waals surface area contributed by atoms with E-state index in [0.717, 1.165) is 55.1 Å². The number of non-ortho nitro benzene ring substituents is 1. The summed E-state index contributed by atoms with van der Waals surface area (Å²) in [7, 11) is 2.14. The highest BCUT2D eigenvalue weighted by atomic mass is 16.6. The number of likely N-dealkylation sites (N-methyl/N-ethyl adjacent to an activating group) is 1. The van der Waals surface area contributed by atoms with E-state index in [2.05, 4.69) is 21.8 Å². The van der Waals surface area contributed by atoms with E-state index in [-0.39, 0.29) is 10.6 Å². The molecule has 0 saturated carbocycles.